The monoisotopic (exact) mass is 466 g/mol. The lowest BCUT2D eigenvalue weighted by molar-refractivity contribution is -0.140. The van der Waals surface area contributed by atoms with Gasteiger partial charge in [0.15, 0.2) is 0 Å². The highest BCUT2D eigenvalue weighted by Crippen LogP contribution is 2.28. The summed E-state index contributed by atoms with van der Waals surface area (Å²) in [5.41, 5.74) is 1.77. The van der Waals surface area contributed by atoms with Crippen LogP contribution in [0.15, 0.2) is 24.3 Å². The Morgan fingerprint density at radius 2 is 1.50 bits per heavy atom. The van der Waals surface area contributed by atoms with Crippen LogP contribution < -0.4 is 4.90 Å². The molecule has 4 saturated heterocycles. The van der Waals surface area contributed by atoms with Crippen molar-refractivity contribution in [3.63, 3.8) is 0 Å². The van der Waals surface area contributed by atoms with E-state index in [2.05, 4.69) is 4.90 Å². The quantitative estimate of drug-likeness (QED) is 0.576. The summed E-state index contributed by atoms with van der Waals surface area (Å²) in [6.45, 7) is 4.43. The molecule has 4 aliphatic heterocycles. The van der Waals surface area contributed by atoms with Gasteiger partial charge in [-0.3, -0.25) is 29.0 Å². The highest BCUT2D eigenvalue weighted by molar-refractivity contribution is 6.05. The summed E-state index contributed by atoms with van der Waals surface area (Å²) in [4.78, 5) is 56.9. The van der Waals surface area contributed by atoms with Crippen molar-refractivity contribution in [2.45, 2.75) is 64.0 Å². The average molecular weight is 467 g/mol. The molecule has 0 spiro atoms. The third kappa shape index (κ3) is 4.73. The first-order valence-electron chi connectivity index (χ1n) is 12.7. The van der Waals surface area contributed by atoms with Gasteiger partial charge in [0, 0.05) is 38.2 Å². The number of carbonyl (C=O) groups excluding carboxylic acids is 4. The van der Waals surface area contributed by atoms with Crippen LogP contribution in [0.1, 0.15) is 56.9 Å². The highest BCUT2D eigenvalue weighted by atomic mass is 16.2. The van der Waals surface area contributed by atoms with Crippen LogP contribution in [-0.2, 0) is 25.7 Å². The van der Waals surface area contributed by atoms with Gasteiger partial charge in [0.2, 0.25) is 23.6 Å². The molecule has 4 amide bonds. The minimum Gasteiger partial charge on any atom is -0.343 e. The number of hydrogen-bond donors (Lipinski definition) is 0. The van der Waals surface area contributed by atoms with E-state index in [1.165, 1.54) is 4.90 Å². The fourth-order valence-corrected chi connectivity index (χ4v) is 5.83. The number of nitrogens with zero attached hydrogens (tertiary/aromatic N) is 4. The zero-order valence-electron chi connectivity index (χ0n) is 19.8. The Morgan fingerprint density at radius 3 is 2.15 bits per heavy atom. The molecule has 0 aromatic heterocycles. The molecule has 0 bridgehead atoms. The first-order valence-corrected chi connectivity index (χ1v) is 12.7. The summed E-state index contributed by atoms with van der Waals surface area (Å²) in [6, 6.07) is 7.27. The zero-order valence-corrected chi connectivity index (χ0v) is 19.8. The number of imide groups is 1. The summed E-state index contributed by atoms with van der Waals surface area (Å²) in [5, 5.41) is 0. The number of amides is 4. The first-order chi connectivity index (χ1) is 16.5. The van der Waals surface area contributed by atoms with E-state index in [1.54, 1.807) is 4.90 Å². The number of hydrogen-bond acceptors (Lipinski definition) is 5. The maximum absolute atomic E-state index is 13.1. The Labute approximate surface area is 200 Å². The summed E-state index contributed by atoms with van der Waals surface area (Å²) in [7, 11) is 0. The van der Waals surface area contributed by atoms with Gasteiger partial charge in [-0.15, -0.1) is 0 Å². The lowest BCUT2D eigenvalue weighted by atomic mass is 9.92. The number of anilines is 1. The van der Waals surface area contributed by atoms with Crippen molar-refractivity contribution in [2.24, 2.45) is 5.92 Å². The Morgan fingerprint density at radius 1 is 0.794 bits per heavy atom. The van der Waals surface area contributed by atoms with Crippen molar-refractivity contribution in [3.05, 3.63) is 29.8 Å². The summed E-state index contributed by atoms with van der Waals surface area (Å²) in [6.07, 6.45) is 6.45. The Hall–Kier alpha value is -2.74. The van der Waals surface area contributed by atoms with E-state index in [4.69, 9.17) is 0 Å². The first kappa shape index (κ1) is 23.0. The molecule has 0 aliphatic carbocycles. The molecule has 0 radical (unpaired) electrons. The molecule has 0 N–H and O–H groups in total. The van der Waals surface area contributed by atoms with Gasteiger partial charge < -0.3 is 9.80 Å². The number of likely N-dealkylation sites (tertiary alicyclic amines) is 3. The smallest absolute Gasteiger partial charge is 0.247 e. The van der Waals surface area contributed by atoms with Crippen molar-refractivity contribution < 1.29 is 19.2 Å². The van der Waals surface area contributed by atoms with E-state index in [9.17, 15) is 19.2 Å². The zero-order chi connectivity index (χ0) is 23.7. The number of benzene rings is 1. The Balaban J connectivity index is 1.12. The van der Waals surface area contributed by atoms with Gasteiger partial charge in [0.05, 0.1) is 19.0 Å². The molecule has 4 aliphatic rings. The van der Waals surface area contributed by atoms with Crippen LogP contribution in [0.3, 0.4) is 0 Å². The largest absolute Gasteiger partial charge is 0.343 e. The van der Waals surface area contributed by atoms with Crippen molar-refractivity contribution in [3.8, 4) is 0 Å². The van der Waals surface area contributed by atoms with Gasteiger partial charge >= 0.3 is 0 Å². The third-order valence-corrected chi connectivity index (χ3v) is 7.95. The third-order valence-electron chi connectivity index (χ3n) is 7.95. The highest BCUT2D eigenvalue weighted by Gasteiger charge is 2.42. The second kappa shape index (κ2) is 9.86. The summed E-state index contributed by atoms with van der Waals surface area (Å²) >= 11 is 0. The molecule has 1 aromatic rings. The second-order valence-electron chi connectivity index (χ2n) is 10.1. The molecule has 5 rings (SSSR count). The van der Waals surface area contributed by atoms with Crippen molar-refractivity contribution >= 4 is 29.3 Å². The van der Waals surface area contributed by atoms with Gasteiger partial charge in [-0.05, 0) is 68.8 Å². The van der Waals surface area contributed by atoms with Crippen LogP contribution in [0.5, 0.6) is 0 Å². The van der Waals surface area contributed by atoms with Crippen LogP contribution in [0.2, 0.25) is 0 Å². The molecule has 4 fully saturated rings. The summed E-state index contributed by atoms with van der Waals surface area (Å²) in [5.74, 6) is 0.808. The molecular formula is C26H34N4O4. The van der Waals surface area contributed by atoms with Crippen molar-refractivity contribution in [1.82, 2.24) is 14.7 Å². The van der Waals surface area contributed by atoms with E-state index in [0.717, 1.165) is 76.1 Å². The van der Waals surface area contributed by atoms with Crippen LogP contribution in [0.25, 0.3) is 0 Å². The molecule has 8 nitrogen and oxygen atoms in total. The van der Waals surface area contributed by atoms with Crippen molar-refractivity contribution in [1.29, 1.82) is 0 Å². The van der Waals surface area contributed by atoms with Crippen LogP contribution in [-0.4, -0.2) is 77.1 Å². The molecule has 8 heteroatoms. The van der Waals surface area contributed by atoms with E-state index in [0.29, 0.717) is 18.8 Å². The lowest BCUT2D eigenvalue weighted by Gasteiger charge is -2.35. The molecule has 34 heavy (non-hydrogen) atoms. The van der Waals surface area contributed by atoms with E-state index in [1.807, 2.05) is 29.2 Å². The number of piperidine rings is 1. The minimum absolute atomic E-state index is 0.0927. The molecule has 1 atom stereocenters. The van der Waals surface area contributed by atoms with Gasteiger partial charge in [-0.25, -0.2) is 0 Å². The van der Waals surface area contributed by atoms with Gasteiger partial charge in [0.1, 0.15) is 0 Å². The molecule has 0 saturated carbocycles. The van der Waals surface area contributed by atoms with Crippen LogP contribution in [0.4, 0.5) is 5.69 Å². The maximum atomic E-state index is 13.1. The molecule has 182 valence electrons. The number of rotatable bonds is 7. The minimum atomic E-state index is -0.352. The SMILES string of the molecule is O=C1CCCN1CCC1CCN([C@@H]2CC(=O)N(Cc3ccc(N4CCCC4=O)cc3)C2=O)CC1. The van der Waals surface area contributed by atoms with E-state index in [-0.39, 0.29) is 42.6 Å². The van der Waals surface area contributed by atoms with Gasteiger partial charge in [0.25, 0.3) is 0 Å². The van der Waals surface area contributed by atoms with Crippen LogP contribution in [0, 0.1) is 5.92 Å². The van der Waals surface area contributed by atoms with Crippen LogP contribution >= 0.6 is 0 Å². The topological polar surface area (TPSA) is 81.2 Å². The lowest BCUT2D eigenvalue weighted by Crippen LogP contribution is -2.46. The predicted octanol–water partition coefficient (Wildman–Crippen LogP) is 2.17. The average Bonchev–Trinajstić information content (AvgIpc) is 3.54. The molecule has 0 unspecified atom stereocenters. The fourth-order valence-electron chi connectivity index (χ4n) is 5.83. The Bertz CT molecular complexity index is 954. The summed E-state index contributed by atoms with van der Waals surface area (Å²) < 4.78 is 0. The predicted molar refractivity (Wildman–Crippen MR) is 127 cm³/mol. The molecular weight excluding hydrogens is 432 g/mol. The number of carbonyl (C=O) groups is 4. The second-order valence-corrected chi connectivity index (χ2v) is 10.1. The van der Waals surface area contributed by atoms with Crippen molar-refractivity contribution in [2.75, 3.05) is 37.6 Å². The fraction of sp³-hybridized carbons (Fsp3) is 0.615. The maximum Gasteiger partial charge on any atom is 0.247 e. The Kier molecular flexibility index (Phi) is 6.68. The van der Waals surface area contributed by atoms with Gasteiger partial charge in [-0.2, -0.15) is 0 Å². The van der Waals surface area contributed by atoms with E-state index < -0.39 is 0 Å². The van der Waals surface area contributed by atoms with Gasteiger partial charge in [-0.1, -0.05) is 12.1 Å². The molecule has 1 aromatic carbocycles. The standard InChI is InChI=1S/C26H34N4O4/c31-23-3-1-12-28(23)16-11-19-9-14-27(15-10-19)22-17-25(33)30(26(22)34)18-20-5-7-21(8-6-20)29-13-2-4-24(29)32/h5-8,19,22H,1-4,9-18H2/t22-/m1/s1. The van der Waals surface area contributed by atoms with E-state index >= 15 is 0 Å². The molecule has 4 heterocycles. The normalized spacial score (nSPS) is 24.8.